The molecule has 0 bridgehead atoms. The maximum absolute atomic E-state index is 4.25. The fourth-order valence-electron chi connectivity index (χ4n) is 2.73. The van der Waals surface area contributed by atoms with Crippen molar-refractivity contribution < 1.29 is 0 Å². The minimum atomic E-state index is 1.07. The summed E-state index contributed by atoms with van der Waals surface area (Å²) in [5, 5.41) is 2.45. The van der Waals surface area contributed by atoms with E-state index in [0.29, 0.717) is 0 Å². The van der Waals surface area contributed by atoms with E-state index in [9.17, 15) is 0 Å². The van der Waals surface area contributed by atoms with Crippen LogP contribution in [0.25, 0.3) is 27.5 Å². The molecule has 4 rings (SSSR count). The second-order valence-corrected chi connectivity index (χ2v) is 6.70. The van der Waals surface area contributed by atoms with Crippen molar-refractivity contribution in [2.45, 2.75) is 0 Å². The number of aromatic nitrogens is 2. The molecule has 2 aromatic heterocycles. The third-order valence-corrected chi connectivity index (χ3v) is 4.58. The summed E-state index contributed by atoms with van der Waals surface area (Å²) in [4.78, 5) is 4.25. The molecule has 0 saturated carbocycles. The average molecular weight is 402 g/mol. The molecule has 2 nitrogen and oxygen atoms in total. The van der Waals surface area contributed by atoms with E-state index >= 15 is 0 Å². The molecule has 0 aliphatic heterocycles. The van der Waals surface area contributed by atoms with Gasteiger partial charge in [-0.25, -0.2) is 0 Å². The number of rotatable bonds is 1. The quantitative estimate of drug-likeness (QED) is 0.399. The van der Waals surface area contributed by atoms with E-state index in [2.05, 4.69) is 83.9 Å². The Morgan fingerprint density at radius 1 is 0.810 bits per heavy atom. The van der Waals surface area contributed by atoms with Gasteiger partial charge in [-0.15, -0.1) is 0 Å². The zero-order valence-electron chi connectivity index (χ0n) is 10.9. The molecule has 0 aliphatic rings. The number of fused-ring (bicyclic) bond motifs is 3. The Morgan fingerprint density at radius 3 is 1.95 bits per heavy atom. The summed E-state index contributed by atoms with van der Waals surface area (Å²) in [7, 11) is 0. The highest BCUT2D eigenvalue weighted by molar-refractivity contribution is 9.10. The van der Waals surface area contributed by atoms with Crippen LogP contribution in [0.5, 0.6) is 0 Å². The predicted octanol–water partition coefficient (Wildman–Crippen LogP) is 5.70. The first-order chi connectivity index (χ1) is 10.2. The molecular weight excluding hydrogens is 392 g/mol. The lowest BCUT2D eigenvalue weighted by Crippen LogP contribution is -1.93. The topological polar surface area (TPSA) is 17.8 Å². The fourth-order valence-corrected chi connectivity index (χ4v) is 3.45. The van der Waals surface area contributed by atoms with Crippen molar-refractivity contribution in [3.8, 4) is 5.69 Å². The molecular formula is C17H10Br2N2. The molecule has 0 atom stereocenters. The summed E-state index contributed by atoms with van der Waals surface area (Å²) < 4.78 is 4.41. The standard InChI is InChI=1S/C17H10Br2N2/c18-11-3-5-16-14(8-11)15-9-12(19)4-6-17(15)21(16)13-2-1-7-20-10-13/h1-10H. The van der Waals surface area contributed by atoms with Crippen molar-refractivity contribution in [2.24, 2.45) is 0 Å². The Bertz CT molecular complexity index is 900. The third kappa shape index (κ3) is 2.10. The Morgan fingerprint density at radius 2 is 1.43 bits per heavy atom. The first kappa shape index (κ1) is 13.0. The summed E-state index contributed by atoms with van der Waals surface area (Å²) in [6.07, 6.45) is 3.69. The first-order valence-corrected chi connectivity index (χ1v) is 8.12. The van der Waals surface area contributed by atoms with Gasteiger partial charge in [-0.1, -0.05) is 31.9 Å². The highest BCUT2D eigenvalue weighted by Gasteiger charge is 2.12. The van der Waals surface area contributed by atoms with Gasteiger partial charge in [-0.05, 0) is 48.5 Å². The Kier molecular flexibility index (Phi) is 3.08. The molecule has 2 aromatic carbocycles. The van der Waals surface area contributed by atoms with Gasteiger partial charge in [0, 0.05) is 25.9 Å². The van der Waals surface area contributed by atoms with Crippen LogP contribution in [0, 0.1) is 0 Å². The molecule has 0 radical (unpaired) electrons. The van der Waals surface area contributed by atoms with Gasteiger partial charge in [0.1, 0.15) is 0 Å². The lowest BCUT2D eigenvalue weighted by molar-refractivity contribution is 1.14. The van der Waals surface area contributed by atoms with Crippen LogP contribution in [0.2, 0.25) is 0 Å². The maximum atomic E-state index is 4.25. The van der Waals surface area contributed by atoms with Crippen LogP contribution in [0.4, 0.5) is 0 Å². The zero-order chi connectivity index (χ0) is 14.4. The third-order valence-electron chi connectivity index (χ3n) is 3.59. The van der Waals surface area contributed by atoms with Crippen molar-refractivity contribution in [3.05, 3.63) is 69.9 Å². The number of benzene rings is 2. The van der Waals surface area contributed by atoms with Crippen LogP contribution in [-0.2, 0) is 0 Å². The highest BCUT2D eigenvalue weighted by atomic mass is 79.9. The van der Waals surface area contributed by atoms with E-state index in [0.717, 1.165) is 14.6 Å². The van der Waals surface area contributed by atoms with Crippen molar-refractivity contribution >= 4 is 53.7 Å². The van der Waals surface area contributed by atoms with E-state index in [1.165, 1.54) is 21.8 Å². The lowest BCUT2D eigenvalue weighted by atomic mass is 10.2. The summed E-state index contributed by atoms with van der Waals surface area (Å²) in [6.45, 7) is 0. The number of halogens is 2. The molecule has 4 heteroatoms. The average Bonchev–Trinajstić information content (AvgIpc) is 2.81. The Balaban J connectivity index is 2.22. The molecule has 2 heterocycles. The lowest BCUT2D eigenvalue weighted by Gasteiger charge is -2.06. The van der Waals surface area contributed by atoms with Crippen LogP contribution in [0.1, 0.15) is 0 Å². The minimum Gasteiger partial charge on any atom is -0.308 e. The van der Waals surface area contributed by atoms with Crippen molar-refractivity contribution in [2.75, 3.05) is 0 Å². The van der Waals surface area contributed by atoms with E-state index in [1.54, 1.807) is 6.20 Å². The SMILES string of the molecule is Brc1ccc2c(c1)c1cc(Br)ccc1n2-c1cccnc1. The van der Waals surface area contributed by atoms with Crippen LogP contribution in [0.3, 0.4) is 0 Å². The smallest absolute Gasteiger partial charge is 0.0645 e. The van der Waals surface area contributed by atoms with E-state index in [1.807, 2.05) is 12.3 Å². The van der Waals surface area contributed by atoms with Crippen molar-refractivity contribution in [1.82, 2.24) is 9.55 Å². The number of hydrogen-bond donors (Lipinski definition) is 0. The molecule has 0 amide bonds. The van der Waals surface area contributed by atoms with Gasteiger partial charge in [-0.2, -0.15) is 0 Å². The van der Waals surface area contributed by atoms with Crippen molar-refractivity contribution in [1.29, 1.82) is 0 Å². The van der Waals surface area contributed by atoms with Gasteiger partial charge < -0.3 is 4.57 Å². The molecule has 4 aromatic rings. The number of hydrogen-bond acceptors (Lipinski definition) is 1. The highest BCUT2D eigenvalue weighted by Crippen LogP contribution is 2.34. The molecule has 0 aliphatic carbocycles. The van der Waals surface area contributed by atoms with Crippen LogP contribution in [-0.4, -0.2) is 9.55 Å². The molecule has 0 fully saturated rings. The van der Waals surface area contributed by atoms with Crippen molar-refractivity contribution in [3.63, 3.8) is 0 Å². The molecule has 0 spiro atoms. The number of nitrogens with zero attached hydrogens (tertiary/aromatic N) is 2. The fraction of sp³-hybridized carbons (Fsp3) is 0. The molecule has 0 N–H and O–H groups in total. The molecule has 0 unspecified atom stereocenters. The molecule has 0 saturated heterocycles. The van der Waals surface area contributed by atoms with Crippen LogP contribution < -0.4 is 0 Å². The summed E-state index contributed by atoms with van der Waals surface area (Å²) >= 11 is 7.14. The minimum absolute atomic E-state index is 1.07. The van der Waals surface area contributed by atoms with Crippen LogP contribution in [0.15, 0.2) is 69.9 Å². The van der Waals surface area contributed by atoms with Gasteiger partial charge in [0.2, 0.25) is 0 Å². The largest absolute Gasteiger partial charge is 0.308 e. The molecule has 21 heavy (non-hydrogen) atoms. The van der Waals surface area contributed by atoms with Gasteiger partial charge >= 0.3 is 0 Å². The second-order valence-electron chi connectivity index (χ2n) is 4.87. The Hall–Kier alpha value is -1.65. The maximum Gasteiger partial charge on any atom is 0.0645 e. The van der Waals surface area contributed by atoms with Gasteiger partial charge in [0.25, 0.3) is 0 Å². The van der Waals surface area contributed by atoms with Gasteiger partial charge in [-0.3, -0.25) is 4.98 Å². The number of pyridine rings is 1. The monoisotopic (exact) mass is 400 g/mol. The molecule has 102 valence electrons. The summed E-state index contributed by atoms with van der Waals surface area (Å²) in [6, 6.07) is 16.8. The zero-order valence-corrected chi connectivity index (χ0v) is 14.1. The van der Waals surface area contributed by atoms with E-state index in [4.69, 9.17) is 0 Å². The summed E-state index contributed by atoms with van der Waals surface area (Å²) in [5.74, 6) is 0. The summed E-state index contributed by atoms with van der Waals surface area (Å²) in [5.41, 5.74) is 3.43. The first-order valence-electron chi connectivity index (χ1n) is 6.54. The van der Waals surface area contributed by atoms with E-state index < -0.39 is 0 Å². The Labute approximate surface area is 138 Å². The van der Waals surface area contributed by atoms with Gasteiger partial charge in [0.15, 0.2) is 0 Å². The van der Waals surface area contributed by atoms with Crippen LogP contribution >= 0.6 is 31.9 Å². The normalized spacial score (nSPS) is 11.3. The second kappa shape index (κ2) is 4.97. The van der Waals surface area contributed by atoms with Gasteiger partial charge in [0.05, 0.1) is 22.9 Å². The predicted molar refractivity (Wildman–Crippen MR) is 94.0 cm³/mol. The van der Waals surface area contributed by atoms with E-state index in [-0.39, 0.29) is 0 Å².